The van der Waals surface area contributed by atoms with Gasteiger partial charge in [0.1, 0.15) is 19.8 Å². The Balaban J connectivity index is 1.05. The molecule has 2 aliphatic carbocycles. The number of ether oxygens (including phenoxy) is 7. The topological polar surface area (TPSA) is 194 Å². The SMILES string of the molecule is C=CCOC(=O)Nc1cc(OCCCCCOc2cc(N)c(C(=O)N3CC4(CC4)C[C@H]3COC(C)=O)cc2OC)c(OC)cc1C(=O)N1CC2(CC2)C[C@H]1COC(C)=O. The number of esters is 2. The fourth-order valence-corrected chi connectivity index (χ4v) is 8.09. The number of unbranched alkanes of at least 4 members (excludes halogenated alkanes) is 2. The van der Waals surface area contributed by atoms with Gasteiger partial charge in [-0.3, -0.25) is 24.5 Å². The summed E-state index contributed by atoms with van der Waals surface area (Å²) in [7, 11) is 2.97. The first-order valence-electron chi connectivity index (χ1n) is 20.2. The predicted molar refractivity (Wildman–Crippen MR) is 216 cm³/mol. The summed E-state index contributed by atoms with van der Waals surface area (Å²) >= 11 is 0. The molecule has 16 heteroatoms. The van der Waals surface area contributed by atoms with Gasteiger partial charge in [0.2, 0.25) is 0 Å². The Bertz CT molecular complexity index is 1930. The number of likely N-dealkylation sites (tertiary alicyclic amines) is 2. The summed E-state index contributed by atoms with van der Waals surface area (Å²) in [6, 6.07) is 5.79. The van der Waals surface area contributed by atoms with Crippen LogP contribution in [0.4, 0.5) is 16.2 Å². The Hall–Kier alpha value is -5.67. The lowest BCUT2D eigenvalue weighted by Gasteiger charge is -2.26. The molecule has 2 aromatic carbocycles. The van der Waals surface area contributed by atoms with Gasteiger partial charge in [-0.15, -0.1) is 0 Å². The predicted octanol–water partition coefficient (Wildman–Crippen LogP) is 5.76. The van der Waals surface area contributed by atoms with Crippen molar-refractivity contribution in [3.63, 3.8) is 0 Å². The van der Waals surface area contributed by atoms with Crippen LogP contribution >= 0.6 is 0 Å². The van der Waals surface area contributed by atoms with Gasteiger partial charge < -0.3 is 48.7 Å². The van der Waals surface area contributed by atoms with Crippen LogP contribution in [0.5, 0.6) is 23.0 Å². The maximum atomic E-state index is 14.1. The molecule has 2 aliphatic heterocycles. The number of methoxy groups -OCH3 is 2. The molecule has 2 heterocycles. The molecule has 4 fully saturated rings. The van der Waals surface area contributed by atoms with E-state index in [1.54, 1.807) is 34.1 Å². The molecule has 3 amide bonds. The second-order valence-corrected chi connectivity index (χ2v) is 16.1. The lowest BCUT2D eigenvalue weighted by Crippen LogP contribution is -2.39. The molecule has 6 rings (SSSR count). The Morgan fingerprint density at radius 1 is 0.729 bits per heavy atom. The minimum absolute atomic E-state index is 0.0197. The highest BCUT2D eigenvalue weighted by Crippen LogP contribution is 2.56. The molecule has 3 N–H and O–H groups in total. The van der Waals surface area contributed by atoms with Crippen LogP contribution in [0.15, 0.2) is 36.9 Å². The second-order valence-electron chi connectivity index (χ2n) is 16.1. The van der Waals surface area contributed by atoms with E-state index in [0.29, 0.717) is 67.7 Å². The number of carbonyl (C=O) groups is 5. The highest BCUT2D eigenvalue weighted by molar-refractivity contribution is 6.04. The summed E-state index contributed by atoms with van der Waals surface area (Å²) in [4.78, 5) is 67.2. The Kier molecular flexibility index (Phi) is 13.5. The lowest BCUT2D eigenvalue weighted by molar-refractivity contribution is -0.143. The van der Waals surface area contributed by atoms with Gasteiger partial charge in [0, 0.05) is 44.8 Å². The number of nitrogens with two attached hydrogens (primary N) is 1. The molecule has 0 radical (unpaired) electrons. The van der Waals surface area contributed by atoms with Gasteiger partial charge in [0.15, 0.2) is 23.0 Å². The van der Waals surface area contributed by atoms with Crippen molar-refractivity contribution >= 4 is 41.2 Å². The summed E-state index contributed by atoms with van der Waals surface area (Å²) in [6.07, 6.45) is 8.31. The summed E-state index contributed by atoms with van der Waals surface area (Å²) < 4.78 is 39.1. The van der Waals surface area contributed by atoms with Crippen LogP contribution < -0.4 is 30.0 Å². The van der Waals surface area contributed by atoms with E-state index in [-0.39, 0.29) is 77.5 Å². The smallest absolute Gasteiger partial charge is 0.411 e. The number of rotatable bonds is 19. The number of nitrogens with zero attached hydrogens (tertiary/aromatic N) is 2. The van der Waals surface area contributed by atoms with E-state index in [1.807, 2.05) is 0 Å². The number of nitrogens with one attached hydrogen (secondary N) is 1. The third-order valence-electron chi connectivity index (χ3n) is 11.6. The largest absolute Gasteiger partial charge is 0.493 e. The molecular formula is C43H56N4O12. The van der Waals surface area contributed by atoms with E-state index in [4.69, 9.17) is 38.9 Å². The van der Waals surface area contributed by atoms with E-state index in [0.717, 1.165) is 44.9 Å². The van der Waals surface area contributed by atoms with Gasteiger partial charge >= 0.3 is 18.0 Å². The zero-order valence-corrected chi connectivity index (χ0v) is 34.4. The molecule has 320 valence electrons. The summed E-state index contributed by atoms with van der Waals surface area (Å²) in [5.74, 6) is 0.0630. The molecule has 2 saturated carbocycles. The highest BCUT2D eigenvalue weighted by Gasteiger charge is 2.55. The zero-order chi connectivity index (χ0) is 42.3. The number of hydrogen-bond acceptors (Lipinski definition) is 13. The van der Waals surface area contributed by atoms with E-state index in [2.05, 4.69) is 11.9 Å². The van der Waals surface area contributed by atoms with Crippen molar-refractivity contribution in [3.05, 3.63) is 48.0 Å². The normalized spacial score (nSPS) is 19.2. The van der Waals surface area contributed by atoms with Gasteiger partial charge in [0.05, 0.1) is 56.3 Å². The quantitative estimate of drug-likeness (QED) is 0.0571. The number of carbonyl (C=O) groups excluding carboxylic acids is 5. The number of nitrogen functional groups attached to an aromatic ring is 1. The Morgan fingerprint density at radius 2 is 1.22 bits per heavy atom. The van der Waals surface area contributed by atoms with Gasteiger partial charge in [0.25, 0.3) is 11.8 Å². The van der Waals surface area contributed by atoms with Crippen LogP contribution in [0.3, 0.4) is 0 Å². The second kappa shape index (κ2) is 18.5. The summed E-state index contributed by atoms with van der Waals surface area (Å²) in [5.41, 5.74) is 7.47. The Morgan fingerprint density at radius 3 is 1.69 bits per heavy atom. The fourth-order valence-electron chi connectivity index (χ4n) is 8.09. The number of amides is 3. The van der Waals surface area contributed by atoms with Crippen molar-refractivity contribution in [1.82, 2.24) is 9.80 Å². The molecule has 0 aromatic heterocycles. The number of anilines is 2. The molecule has 2 atom stereocenters. The number of hydrogen-bond donors (Lipinski definition) is 2. The minimum Gasteiger partial charge on any atom is -0.493 e. The molecule has 2 saturated heterocycles. The van der Waals surface area contributed by atoms with Crippen LogP contribution in [0.2, 0.25) is 0 Å². The summed E-state index contributed by atoms with van der Waals surface area (Å²) in [5, 5.41) is 2.68. The standard InChI is InChI=1S/C43H56N4O12/c1-6-14-57-41(52)45-34-20-38(36(54-5)18-32(34)40(51)47-26-43(12-13-43)22-30(47)24-59-28(3)49)56-16-9-7-8-15-55-37-19-33(44)31(17-35(37)53-4)39(50)46-25-42(10-11-42)21-29(46)23-58-27(2)48/h6,17-20,29-30H,1,7-16,21-26,44H2,2-5H3,(H,45,52)/t29-,30-/m0/s1. The minimum atomic E-state index is -0.769. The first kappa shape index (κ1) is 42.9. The van der Waals surface area contributed by atoms with E-state index < -0.39 is 12.1 Å². The van der Waals surface area contributed by atoms with Crippen molar-refractivity contribution in [2.75, 3.05) is 71.4 Å². The maximum Gasteiger partial charge on any atom is 0.411 e. The zero-order valence-electron chi connectivity index (χ0n) is 34.4. The fraction of sp³-hybridized carbons (Fsp3) is 0.558. The molecule has 59 heavy (non-hydrogen) atoms. The van der Waals surface area contributed by atoms with Gasteiger partial charge in [-0.25, -0.2) is 4.79 Å². The van der Waals surface area contributed by atoms with Gasteiger partial charge in [-0.2, -0.15) is 0 Å². The van der Waals surface area contributed by atoms with Gasteiger partial charge in [-0.1, -0.05) is 12.7 Å². The van der Waals surface area contributed by atoms with Crippen LogP contribution in [0.25, 0.3) is 0 Å². The van der Waals surface area contributed by atoms with E-state index in [1.165, 1.54) is 34.1 Å². The number of benzene rings is 2. The monoisotopic (exact) mass is 820 g/mol. The van der Waals surface area contributed by atoms with Crippen LogP contribution in [0, 0.1) is 10.8 Å². The van der Waals surface area contributed by atoms with Crippen LogP contribution in [0.1, 0.15) is 92.4 Å². The third-order valence-corrected chi connectivity index (χ3v) is 11.6. The van der Waals surface area contributed by atoms with Crippen molar-refractivity contribution in [3.8, 4) is 23.0 Å². The molecule has 4 aliphatic rings. The average molecular weight is 821 g/mol. The first-order chi connectivity index (χ1) is 28.3. The molecule has 2 aromatic rings. The van der Waals surface area contributed by atoms with Crippen molar-refractivity contribution < 1.29 is 57.1 Å². The molecule has 0 bridgehead atoms. The summed E-state index contributed by atoms with van der Waals surface area (Å²) in [6.45, 7) is 8.26. The van der Waals surface area contributed by atoms with Crippen molar-refractivity contribution in [2.45, 2.75) is 83.7 Å². The van der Waals surface area contributed by atoms with Crippen molar-refractivity contribution in [1.29, 1.82) is 0 Å². The molecule has 2 spiro atoms. The third kappa shape index (κ3) is 10.5. The van der Waals surface area contributed by atoms with Crippen LogP contribution in [-0.4, -0.2) is 112 Å². The lowest BCUT2D eigenvalue weighted by atomic mass is 10.0. The Labute approximate surface area is 344 Å². The van der Waals surface area contributed by atoms with Crippen molar-refractivity contribution in [2.24, 2.45) is 10.8 Å². The highest BCUT2D eigenvalue weighted by atomic mass is 16.6. The molecule has 16 nitrogen and oxygen atoms in total. The molecular weight excluding hydrogens is 764 g/mol. The average Bonchev–Trinajstić information content (AvgIpc) is 4.08. The van der Waals surface area contributed by atoms with E-state index in [9.17, 15) is 24.0 Å². The van der Waals surface area contributed by atoms with Gasteiger partial charge in [-0.05, 0) is 80.8 Å². The first-order valence-corrected chi connectivity index (χ1v) is 20.2. The maximum absolute atomic E-state index is 14.1. The van der Waals surface area contributed by atoms with E-state index >= 15 is 0 Å². The van der Waals surface area contributed by atoms with Crippen LogP contribution in [-0.2, 0) is 23.8 Å². The molecule has 0 unspecified atom stereocenters.